The van der Waals surface area contributed by atoms with Crippen LogP contribution >= 0.6 is 0 Å². The fourth-order valence-electron chi connectivity index (χ4n) is 1.85. The predicted octanol–water partition coefficient (Wildman–Crippen LogP) is 2.22. The fraction of sp³-hybridized carbons (Fsp3) is 0.727. The average molecular weight is 198 g/mol. The maximum Gasteiger partial charge on any atom is 0.309 e. The molecule has 0 aromatic heterocycles. The number of carbonyl (C=O) groups is 1. The highest BCUT2D eigenvalue weighted by molar-refractivity contribution is 5.70. The van der Waals surface area contributed by atoms with E-state index in [9.17, 15) is 4.79 Å². The summed E-state index contributed by atoms with van der Waals surface area (Å²) < 4.78 is 5.53. The van der Waals surface area contributed by atoms with Gasteiger partial charge in [0, 0.05) is 0 Å². The van der Waals surface area contributed by atoms with E-state index < -0.39 is 5.97 Å². The Bertz CT molecular complexity index is 211. The van der Waals surface area contributed by atoms with Gasteiger partial charge in [-0.2, -0.15) is 0 Å². The summed E-state index contributed by atoms with van der Waals surface area (Å²) in [7, 11) is 0. The van der Waals surface area contributed by atoms with Crippen LogP contribution in [0, 0.1) is 5.92 Å². The SMILES string of the molecule is C/C=C/COC1CCCCC1C(=O)O. The maximum atomic E-state index is 10.9. The highest BCUT2D eigenvalue weighted by Gasteiger charge is 2.30. The Balaban J connectivity index is 2.41. The van der Waals surface area contributed by atoms with Crippen LogP contribution in [0.1, 0.15) is 32.6 Å². The number of carboxylic acids is 1. The smallest absolute Gasteiger partial charge is 0.309 e. The van der Waals surface area contributed by atoms with Crippen molar-refractivity contribution in [3.05, 3.63) is 12.2 Å². The Kier molecular flexibility index (Phi) is 4.66. The van der Waals surface area contributed by atoms with E-state index >= 15 is 0 Å². The van der Waals surface area contributed by atoms with Crippen LogP contribution in [0.3, 0.4) is 0 Å². The number of hydrogen-bond acceptors (Lipinski definition) is 2. The third-order valence-electron chi connectivity index (χ3n) is 2.66. The summed E-state index contributed by atoms with van der Waals surface area (Å²) in [6.45, 7) is 2.46. The van der Waals surface area contributed by atoms with Crippen LogP contribution < -0.4 is 0 Å². The number of carboxylic acid groups (broad SMARTS) is 1. The van der Waals surface area contributed by atoms with E-state index in [2.05, 4.69) is 0 Å². The molecule has 0 aliphatic heterocycles. The lowest BCUT2D eigenvalue weighted by atomic mass is 9.86. The van der Waals surface area contributed by atoms with Crippen molar-refractivity contribution >= 4 is 5.97 Å². The zero-order chi connectivity index (χ0) is 10.4. The van der Waals surface area contributed by atoms with Crippen molar-refractivity contribution in [3.8, 4) is 0 Å². The molecule has 3 nitrogen and oxygen atoms in total. The number of rotatable bonds is 4. The molecule has 1 N–H and O–H groups in total. The second-order valence-electron chi connectivity index (χ2n) is 3.67. The summed E-state index contributed by atoms with van der Waals surface area (Å²) in [4.78, 5) is 10.9. The molecular formula is C11H18O3. The van der Waals surface area contributed by atoms with Crippen molar-refractivity contribution in [2.24, 2.45) is 5.92 Å². The number of aliphatic carboxylic acids is 1. The van der Waals surface area contributed by atoms with Gasteiger partial charge in [-0.3, -0.25) is 4.79 Å². The van der Waals surface area contributed by atoms with E-state index in [1.165, 1.54) is 0 Å². The first-order chi connectivity index (χ1) is 6.75. The molecule has 14 heavy (non-hydrogen) atoms. The zero-order valence-electron chi connectivity index (χ0n) is 8.61. The van der Waals surface area contributed by atoms with E-state index in [-0.39, 0.29) is 12.0 Å². The monoisotopic (exact) mass is 198 g/mol. The van der Waals surface area contributed by atoms with E-state index in [1.807, 2.05) is 19.1 Å². The second kappa shape index (κ2) is 5.81. The number of ether oxygens (including phenoxy) is 1. The van der Waals surface area contributed by atoms with Gasteiger partial charge in [0.15, 0.2) is 0 Å². The summed E-state index contributed by atoms with van der Waals surface area (Å²) in [5.74, 6) is -1.01. The first-order valence-electron chi connectivity index (χ1n) is 5.21. The summed E-state index contributed by atoms with van der Waals surface area (Å²) >= 11 is 0. The van der Waals surface area contributed by atoms with Crippen molar-refractivity contribution in [3.63, 3.8) is 0 Å². The van der Waals surface area contributed by atoms with E-state index in [4.69, 9.17) is 9.84 Å². The molecule has 1 fully saturated rings. The lowest BCUT2D eigenvalue weighted by molar-refractivity contribution is -0.149. The van der Waals surface area contributed by atoms with Gasteiger partial charge in [-0.05, 0) is 19.8 Å². The van der Waals surface area contributed by atoms with Gasteiger partial charge in [0.2, 0.25) is 0 Å². The Morgan fingerprint density at radius 2 is 2.21 bits per heavy atom. The lowest BCUT2D eigenvalue weighted by Crippen LogP contribution is -2.33. The van der Waals surface area contributed by atoms with Crippen LogP contribution in [-0.2, 0) is 9.53 Å². The Morgan fingerprint density at radius 3 is 2.86 bits per heavy atom. The van der Waals surface area contributed by atoms with Crippen molar-refractivity contribution in [1.82, 2.24) is 0 Å². The Morgan fingerprint density at radius 1 is 1.50 bits per heavy atom. The molecule has 1 saturated carbocycles. The third kappa shape index (κ3) is 3.14. The molecule has 0 saturated heterocycles. The first kappa shape index (κ1) is 11.2. The molecule has 1 aliphatic rings. The van der Waals surface area contributed by atoms with Gasteiger partial charge >= 0.3 is 5.97 Å². The van der Waals surface area contributed by atoms with Crippen molar-refractivity contribution < 1.29 is 14.6 Å². The molecule has 3 heteroatoms. The van der Waals surface area contributed by atoms with Gasteiger partial charge < -0.3 is 9.84 Å². The molecule has 0 aromatic carbocycles. The molecule has 0 bridgehead atoms. The number of hydrogen-bond donors (Lipinski definition) is 1. The predicted molar refractivity (Wildman–Crippen MR) is 54.1 cm³/mol. The quantitative estimate of drug-likeness (QED) is 0.704. The number of allylic oxidation sites excluding steroid dienone is 1. The largest absolute Gasteiger partial charge is 0.481 e. The highest BCUT2D eigenvalue weighted by atomic mass is 16.5. The van der Waals surface area contributed by atoms with Crippen LogP contribution in [0.25, 0.3) is 0 Å². The average Bonchev–Trinajstić information content (AvgIpc) is 2.19. The van der Waals surface area contributed by atoms with Gasteiger partial charge in [0.05, 0.1) is 18.6 Å². The first-order valence-corrected chi connectivity index (χ1v) is 5.21. The fourth-order valence-corrected chi connectivity index (χ4v) is 1.85. The van der Waals surface area contributed by atoms with Gasteiger partial charge in [-0.15, -0.1) is 0 Å². The minimum absolute atomic E-state index is 0.0857. The molecule has 80 valence electrons. The Hall–Kier alpha value is -0.830. The minimum atomic E-state index is -0.713. The highest BCUT2D eigenvalue weighted by Crippen LogP contribution is 2.26. The van der Waals surface area contributed by atoms with Gasteiger partial charge in [-0.25, -0.2) is 0 Å². The topological polar surface area (TPSA) is 46.5 Å². The van der Waals surface area contributed by atoms with Crippen LogP contribution in [0.15, 0.2) is 12.2 Å². The second-order valence-corrected chi connectivity index (χ2v) is 3.67. The minimum Gasteiger partial charge on any atom is -0.481 e. The molecule has 1 aliphatic carbocycles. The van der Waals surface area contributed by atoms with Crippen LogP contribution in [-0.4, -0.2) is 23.8 Å². The van der Waals surface area contributed by atoms with Crippen molar-refractivity contribution in [2.75, 3.05) is 6.61 Å². The zero-order valence-corrected chi connectivity index (χ0v) is 8.61. The van der Waals surface area contributed by atoms with Gasteiger partial charge in [0.25, 0.3) is 0 Å². The molecule has 0 heterocycles. The molecule has 0 spiro atoms. The maximum absolute atomic E-state index is 10.9. The molecular weight excluding hydrogens is 180 g/mol. The standard InChI is InChI=1S/C11H18O3/c1-2-3-8-14-10-7-5-4-6-9(10)11(12)13/h2-3,9-10H,4-8H2,1H3,(H,12,13)/b3-2+. The van der Waals surface area contributed by atoms with E-state index in [0.29, 0.717) is 6.61 Å². The molecule has 0 amide bonds. The van der Waals surface area contributed by atoms with Gasteiger partial charge in [-0.1, -0.05) is 25.0 Å². The summed E-state index contributed by atoms with van der Waals surface area (Å²) in [5.41, 5.74) is 0. The summed E-state index contributed by atoms with van der Waals surface area (Å²) in [5, 5.41) is 8.97. The molecule has 2 unspecified atom stereocenters. The van der Waals surface area contributed by atoms with Crippen LogP contribution in [0.5, 0.6) is 0 Å². The summed E-state index contributed by atoms with van der Waals surface area (Å²) in [6.07, 6.45) is 7.48. The normalized spacial score (nSPS) is 28.1. The van der Waals surface area contributed by atoms with Crippen LogP contribution in [0.2, 0.25) is 0 Å². The Labute approximate surface area is 84.8 Å². The van der Waals surface area contributed by atoms with Crippen LogP contribution in [0.4, 0.5) is 0 Å². The molecule has 0 radical (unpaired) electrons. The summed E-state index contributed by atoms with van der Waals surface area (Å²) in [6, 6.07) is 0. The molecule has 1 rings (SSSR count). The molecule has 0 aromatic rings. The molecule has 2 atom stereocenters. The van der Waals surface area contributed by atoms with E-state index in [1.54, 1.807) is 0 Å². The van der Waals surface area contributed by atoms with Crippen molar-refractivity contribution in [2.45, 2.75) is 38.7 Å². The lowest BCUT2D eigenvalue weighted by Gasteiger charge is -2.28. The van der Waals surface area contributed by atoms with Crippen molar-refractivity contribution in [1.29, 1.82) is 0 Å². The van der Waals surface area contributed by atoms with Gasteiger partial charge in [0.1, 0.15) is 0 Å². The van der Waals surface area contributed by atoms with E-state index in [0.717, 1.165) is 25.7 Å². The third-order valence-corrected chi connectivity index (χ3v) is 2.66.